The molecule has 0 amide bonds. The number of methoxy groups -OCH3 is 1. The molecule has 0 spiro atoms. The van der Waals surface area contributed by atoms with E-state index in [1.807, 2.05) is 0 Å². The maximum absolute atomic E-state index is 5.01. The van der Waals surface area contributed by atoms with Crippen LogP contribution in [0.4, 0.5) is 0 Å². The topological polar surface area (TPSA) is 12.5 Å². The SMILES string of the molecule is COCCN1CC=C(C)CC1. The van der Waals surface area contributed by atoms with Crippen LogP contribution in [0, 0.1) is 0 Å². The van der Waals surface area contributed by atoms with Crippen LogP contribution in [0.25, 0.3) is 0 Å². The van der Waals surface area contributed by atoms with Crippen LogP contribution >= 0.6 is 0 Å². The molecule has 1 heterocycles. The third-order valence-electron chi connectivity index (χ3n) is 2.13. The molecule has 0 bridgehead atoms. The highest BCUT2D eigenvalue weighted by Gasteiger charge is 2.07. The van der Waals surface area contributed by atoms with Crippen molar-refractivity contribution in [2.75, 3.05) is 33.4 Å². The zero-order chi connectivity index (χ0) is 8.10. The molecule has 2 nitrogen and oxygen atoms in total. The Morgan fingerprint density at radius 1 is 1.64 bits per heavy atom. The van der Waals surface area contributed by atoms with Gasteiger partial charge in [0.1, 0.15) is 0 Å². The molecular formula is C9H17NO. The fourth-order valence-corrected chi connectivity index (χ4v) is 1.24. The summed E-state index contributed by atoms with van der Waals surface area (Å²) in [5.74, 6) is 0. The van der Waals surface area contributed by atoms with Gasteiger partial charge >= 0.3 is 0 Å². The lowest BCUT2D eigenvalue weighted by molar-refractivity contribution is 0.152. The van der Waals surface area contributed by atoms with Crippen LogP contribution in [-0.4, -0.2) is 38.3 Å². The fraction of sp³-hybridized carbons (Fsp3) is 0.778. The first-order chi connectivity index (χ1) is 5.33. The Hall–Kier alpha value is -0.340. The Morgan fingerprint density at radius 3 is 3.00 bits per heavy atom. The Morgan fingerprint density at radius 2 is 2.45 bits per heavy atom. The van der Waals surface area contributed by atoms with Crippen molar-refractivity contribution in [3.8, 4) is 0 Å². The molecule has 0 radical (unpaired) electrons. The zero-order valence-corrected chi connectivity index (χ0v) is 7.47. The molecule has 0 saturated carbocycles. The van der Waals surface area contributed by atoms with Gasteiger partial charge in [-0.1, -0.05) is 11.6 Å². The highest BCUT2D eigenvalue weighted by molar-refractivity contribution is 5.03. The summed E-state index contributed by atoms with van der Waals surface area (Å²) in [4.78, 5) is 2.41. The van der Waals surface area contributed by atoms with E-state index in [0.29, 0.717) is 0 Å². The van der Waals surface area contributed by atoms with Crippen LogP contribution in [0.2, 0.25) is 0 Å². The molecule has 1 aliphatic rings. The van der Waals surface area contributed by atoms with Crippen molar-refractivity contribution in [2.45, 2.75) is 13.3 Å². The van der Waals surface area contributed by atoms with E-state index in [1.165, 1.54) is 18.5 Å². The second kappa shape index (κ2) is 4.52. The van der Waals surface area contributed by atoms with Crippen molar-refractivity contribution < 1.29 is 4.74 Å². The lowest BCUT2D eigenvalue weighted by Gasteiger charge is -2.24. The molecule has 0 aromatic carbocycles. The van der Waals surface area contributed by atoms with Gasteiger partial charge in [0.2, 0.25) is 0 Å². The number of hydrogen-bond donors (Lipinski definition) is 0. The van der Waals surface area contributed by atoms with E-state index >= 15 is 0 Å². The van der Waals surface area contributed by atoms with Gasteiger partial charge in [-0.3, -0.25) is 4.90 Å². The molecule has 0 aliphatic carbocycles. The smallest absolute Gasteiger partial charge is 0.0589 e. The van der Waals surface area contributed by atoms with Gasteiger partial charge in [0.25, 0.3) is 0 Å². The molecule has 11 heavy (non-hydrogen) atoms. The average Bonchev–Trinajstić information content (AvgIpc) is 2.04. The summed E-state index contributed by atoms with van der Waals surface area (Å²) in [6.07, 6.45) is 3.53. The Labute approximate surface area is 68.8 Å². The minimum absolute atomic E-state index is 0.854. The summed E-state index contributed by atoms with van der Waals surface area (Å²) in [6.45, 7) is 6.43. The van der Waals surface area contributed by atoms with Crippen molar-refractivity contribution in [3.05, 3.63) is 11.6 Å². The molecule has 64 valence electrons. The summed E-state index contributed by atoms with van der Waals surface area (Å²) < 4.78 is 5.01. The normalized spacial score (nSPS) is 20.0. The first-order valence-electron chi connectivity index (χ1n) is 4.20. The van der Waals surface area contributed by atoms with Crippen molar-refractivity contribution in [3.63, 3.8) is 0 Å². The van der Waals surface area contributed by atoms with Crippen molar-refractivity contribution >= 4 is 0 Å². The van der Waals surface area contributed by atoms with Crippen LogP contribution in [0.15, 0.2) is 11.6 Å². The minimum Gasteiger partial charge on any atom is -0.383 e. The third kappa shape index (κ3) is 3.04. The van der Waals surface area contributed by atoms with Gasteiger partial charge in [0.15, 0.2) is 0 Å². The number of ether oxygens (including phenoxy) is 1. The average molecular weight is 155 g/mol. The van der Waals surface area contributed by atoms with Crippen molar-refractivity contribution in [2.24, 2.45) is 0 Å². The summed E-state index contributed by atoms with van der Waals surface area (Å²) in [5.41, 5.74) is 1.53. The number of rotatable bonds is 3. The van der Waals surface area contributed by atoms with Gasteiger partial charge in [-0.2, -0.15) is 0 Å². The molecule has 0 aromatic rings. The molecular weight excluding hydrogens is 138 g/mol. The number of nitrogens with zero attached hydrogens (tertiary/aromatic N) is 1. The van der Waals surface area contributed by atoms with Crippen LogP contribution in [0.5, 0.6) is 0 Å². The second-order valence-electron chi connectivity index (χ2n) is 3.09. The molecule has 0 aromatic heterocycles. The van der Waals surface area contributed by atoms with Crippen molar-refractivity contribution in [1.82, 2.24) is 4.90 Å². The monoisotopic (exact) mass is 155 g/mol. The first-order valence-corrected chi connectivity index (χ1v) is 4.20. The molecule has 2 heteroatoms. The minimum atomic E-state index is 0.854. The summed E-state index contributed by atoms with van der Waals surface area (Å²) in [5, 5.41) is 0. The highest BCUT2D eigenvalue weighted by atomic mass is 16.5. The van der Waals surface area contributed by atoms with Crippen LogP contribution < -0.4 is 0 Å². The summed E-state index contributed by atoms with van der Waals surface area (Å²) >= 11 is 0. The Kier molecular flexibility index (Phi) is 3.60. The lowest BCUT2D eigenvalue weighted by atomic mass is 10.1. The van der Waals surface area contributed by atoms with E-state index < -0.39 is 0 Å². The van der Waals surface area contributed by atoms with Crippen molar-refractivity contribution in [1.29, 1.82) is 0 Å². The predicted molar refractivity (Wildman–Crippen MR) is 46.7 cm³/mol. The Bertz CT molecular complexity index is 142. The fourth-order valence-electron chi connectivity index (χ4n) is 1.24. The maximum Gasteiger partial charge on any atom is 0.0589 e. The molecule has 0 saturated heterocycles. The van der Waals surface area contributed by atoms with E-state index in [-0.39, 0.29) is 0 Å². The van der Waals surface area contributed by atoms with E-state index in [4.69, 9.17) is 4.74 Å². The van der Waals surface area contributed by atoms with E-state index in [0.717, 1.165) is 19.7 Å². The summed E-state index contributed by atoms with van der Waals surface area (Å²) in [6, 6.07) is 0. The van der Waals surface area contributed by atoms with Gasteiger partial charge in [-0.05, 0) is 13.3 Å². The molecule has 0 fully saturated rings. The Balaban J connectivity index is 2.18. The second-order valence-corrected chi connectivity index (χ2v) is 3.09. The third-order valence-corrected chi connectivity index (χ3v) is 2.13. The predicted octanol–water partition coefficient (Wildman–Crippen LogP) is 1.28. The zero-order valence-electron chi connectivity index (χ0n) is 7.47. The van der Waals surface area contributed by atoms with E-state index in [9.17, 15) is 0 Å². The molecule has 1 aliphatic heterocycles. The van der Waals surface area contributed by atoms with Gasteiger partial charge in [-0.15, -0.1) is 0 Å². The molecule has 0 unspecified atom stereocenters. The quantitative estimate of drug-likeness (QED) is 0.569. The lowest BCUT2D eigenvalue weighted by Crippen LogP contribution is -2.31. The molecule has 0 atom stereocenters. The first kappa shape index (κ1) is 8.75. The van der Waals surface area contributed by atoms with Crippen LogP contribution in [-0.2, 0) is 4.74 Å². The number of hydrogen-bond acceptors (Lipinski definition) is 2. The van der Waals surface area contributed by atoms with Gasteiger partial charge in [-0.25, -0.2) is 0 Å². The largest absolute Gasteiger partial charge is 0.383 e. The maximum atomic E-state index is 5.01. The van der Waals surface area contributed by atoms with Gasteiger partial charge < -0.3 is 4.74 Å². The van der Waals surface area contributed by atoms with Gasteiger partial charge in [0.05, 0.1) is 6.61 Å². The summed E-state index contributed by atoms with van der Waals surface area (Å²) in [7, 11) is 1.75. The van der Waals surface area contributed by atoms with E-state index in [2.05, 4.69) is 17.9 Å². The van der Waals surface area contributed by atoms with Gasteiger partial charge in [0, 0.05) is 26.7 Å². The standard InChI is InChI=1S/C9H17NO/c1-9-3-5-10(6-4-9)7-8-11-2/h3H,4-8H2,1-2H3. The van der Waals surface area contributed by atoms with Crippen LogP contribution in [0.3, 0.4) is 0 Å². The molecule has 1 rings (SSSR count). The molecule has 0 N–H and O–H groups in total. The highest BCUT2D eigenvalue weighted by Crippen LogP contribution is 2.08. The van der Waals surface area contributed by atoms with E-state index in [1.54, 1.807) is 7.11 Å². The van der Waals surface area contributed by atoms with Crippen LogP contribution in [0.1, 0.15) is 13.3 Å².